The Kier molecular flexibility index (Phi) is 11.9. The third kappa shape index (κ3) is 10.6. The molecule has 0 fully saturated rings. The van der Waals surface area contributed by atoms with Gasteiger partial charge in [-0.15, -0.1) is 0 Å². The Labute approximate surface area is 122 Å². The van der Waals surface area contributed by atoms with Crippen LogP contribution in [0, 0.1) is 0 Å². The van der Waals surface area contributed by atoms with Crippen LogP contribution < -0.4 is 16.0 Å². The van der Waals surface area contributed by atoms with Crippen LogP contribution in [0.2, 0.25) is 0 Å². The van der Waals surface area contributed by atoms with Crippen molar-refractivity contribution in [1.82, 2.24) is 16.0 Å². The summed E-state index contributed by atoms with van der Waals surface area (Å²) in [6.45, 7) is 8.88. The van der Waals surface area contributed by atoms with Crippen LogP contribution in [0.4, 0.5) is 0 Å². The number of nitrogens with zero attached hydrogens (tertiary/aromatic N) is 1. The molecule has 0 bridgehead atoms. The van der Waals surface area contributed by atoms with Crippen molar-refractivity contribution in [2.45, 2.75) is 46.1 Å². The minimum atomic E-state index is 0.0714. The van der Waals surface area contributed by atoms with Crippen molar-refractivity contribution < 1.29 is 9.53 Å². The van der Waals surface area contributed by atoms with Gasteiger partial charge in [-0.25, -0.2) is 0 Å². The molecule has 0 saturated heterocycles. The second kappa shape index (κ2) is 12.7. The predicted molar refractivity (Wildman–Crippen MR) is 83.0 cm³/mol. The molecule has 0 aliphatic heterocycles. The van der Waals surface area contributed by atoms with Gasteiger partial charge < -0.3 is 20.7 Å². The van der Waals surface area contributed by atoms with Crippen molar-refractivity contribution in [3.05, 3.63) is 0 Å². The second-order valence-electron chi connectivity index (χ2n) is 4.66. The highest BCUT2D eigenvalue weighted by Gasteiger charge is 2.05. The minimum Gasteiger partial charge on any atom is -0.385 e. The molecule has 0 aromatic rings. The topological polar surface area (TPSA) is 74.8 Å². The van der Waals surface area contributed by atoms with E-state index in [-0.39, 0.29) is 11.9 Å². The Bertz CT molecular complexity index is 282. The first-order valence-corrected chi connectivity index (χ1v) is 7.44. The van der Waals surface area contributed by atoms with Crippen LogP contribution in [0.5, 0.6) is 0 Å². The first-order valence-electron chi connectivity index (χ1n) is 7.44. The molecule has 20 heavy (non-hydrogen) atoms. The molecule has 0 radical (unpaired) electrons. The number of amides is 1. The van der Waals surface area contributed by atoms with Gasteiger partial charge in [0.05, 0.1) is 0 Å². The van der Waals surface area contributed by atoms with Gasteiger partial charge in [-0.2, -0.15) is 0 Å². The lowest BCUT2D eigenvalue weighted by Crippen LogP contribution is -2.40. The van der Waals surface area contributed by atoms with E-state index in [1.54, 1.807) is 7.11 Å². The Hall–Kier alpha value is -1.30. The van der Waals surface area contributed by atoms with Gasteiger partial charge in [-0.3, -0.25) is 9.79 Å². The van der Waals surface area contributed by atoms with Crippen LogP contribution in [-0.2, 0) is 9.53 Å². The highest BCUT2D eigenvalue weighted by molar-refractivity contribution is 5.81. The van der Waals surface area contributed by atoms with Gasteiger partial charge in [-0.1, -0.05) is 6.92 Å². The molecule has 0 aliphatic carbocycles. The maximum atomic E-state index is 11.6. The lowest BCUT2D eigenvalue weighted by molar-refractivity contribution is -0.121. The van der Waals surface area contributed by atoms with Gasteiger partial charge >= 0.3 is 0 Å². The summed E-state index contributed by atoms with van der Waals surface area (Å²) < 4.78 is 4.98. The van der Waals surface area contributed by atoms with Gasteiger partial charge in [0, 0.05) is 45.8 Å². The predicted octanol–water partition coefficient (Wildman–Crippen LogP) is 0.883. The average Bonchev–Trinajstić information content (AvgIpc) is 2.43. The second-order valence-corrected chi connectivity index (χ2v) is 4.66. The molecule has 0 aromatic carbocycles. The number of guanidine groups is 1. The maximum absolute atomic E-state index is 11.6. The quantitative estimate of drug-likeness (QED) is 0.317. The number of methoxy groups -OCH3 is 1. The van der Waals surface area contributed by atoms with Crippen molar-refractivity contribution in [2.75, 3.05) is 33.4 Å². The van der Waals surface area contributed by atoms with Crippen molar-refractivity contribution >= 4 is 11.9 Å². The highest BCUT2D eigenvalue weighted by atomic mass is 16.5. The zero-order valence-electron chi connectivity index (χ0n) is 13.3. The molecular formula is C14H30N4O2. The number of rotatable bonds is 10. The van der Waals surface area contributed by atoms with Gasteiger partial charge in [0.15, 0.2) is 5.96 Å². The lowest BCUT2D eigenvalue weighted by atomic mass is 10.2. The summed E-state index contributed by atoms with van der Waals surface area (Å²) in [5, 5.41) is 9.25. The molecule has 0 aromatic heterocycles. The van der Waals surface area contributed by atoms with E-state index >= 15 is 0 Å². The summed E-state index contributed by atoms with van der Waals surface area (Å²) in [5.74, 6) is 0.821. The molecule has 118 valence electrons. The van der Waals surface area contributed by atoms with Gasteiger partial charge in [0.25, 0.3) is 0 Å². The molecular weight excluding hydrogens is 256 g/mol. The fourth-order valence-electron chi connectivity index (χ4n) is 1.48. The van der Waals surface area contributed by atoms with Crippen LogP contribution in [0.3, 0.4) is 0 Å². The molecule has 1 unspecified atom stereocenters. The van der Waals surface area contributed by atoms with Crippen LogP contribution in [-0.4, -0.2) is 51.3 Å². The lowest BCUT2D eigenvalue weighted by Gasteiger charge is -2.13. The number of nitrogens with one attached hydrogen (secondary N) is 3. The maximum Gasteiger partial charge on any atom is 0.221 e. The summed E-state index contributed by atoms with van der Waals surface area (Å²) >= 11 is 0. The monoisotopic (exact) mass is 286 g/mol. The molecule has 1 amide bonds. The molecule has 6 heteroatoms. The van der Waals surface area contributed by atoms with Gasteiger partial charge in [0.2, 0.25) is 5.91 Å². The van der Waals surface area contributed by atoms with Crippen molar-refractivity contribution in [3.63, 3.8) is 0 Å². The van der Waals surface area contributed by atoms with Crippen molar-refractivity contribution in [3.8, 4) is 0 Å². The van der Waals surface area contributed by atoms with Crippen LogP contribution in [0.1, 0.15) is 40.0 Å². The molecule has 0 heterocycles. The van der Waals surface area contributed by atoms with Gasteiger partial charge in [0.1, 0.15) is 0 Å². The van der Waals surface area contributed by atoms with E-state index in [1.807, 2.05) is 13.8 Å². The first kappa shape index (κ1) is 18.7. The van der Waals surface area contributed by atoms with Gasteiger partial charge in [-0.05, 0) is 26.7 Å². The largest absolute Gasteiger partial charge is 0.385 e. The third-order valence-corrected chi connectivity index (χ3v) is 2.78. The Morgan fingerprint density at radius 3 is 2.65 bits per heavy atom. The molecule has 0 aliphatic rings. The standard InChI is InChI=1S/C14H30N4O2/c1-5-12(3)18-13(19)8-10-17-14(15-6-2)16-9-7-11-20-4/h12H,5-11H2,1-4H3,(H,18,19)(H2,15,16,17). The average molecular weight is 286 g/mol. The van der Waals surface area contributed by atoms with E-state index in [9.17, 15) is 4.79 Å². The smallest absolute Gasteiger partial charge is 0.221 e. The van der Waals surface area contributed by atoms with Crippen LogP contribution >= 0.6 is 0 Å². The number of carbonyl (C=O) groups excluding carboxylic acids is 1. The Morgan fingerprint density at radius 1 is 1.30 bits per heavy atom. The molecule has 0 spiro atoms. The highest BCUT2D eigenvalue weighted by Crippen LogP contribution is 1.89. The van der Waals surface area contributed by atoms with E-state index in [0.717, 1.165) is 25.3 Å². The summed E-state index contributed by atoms with van der Waals surface area (Å²) in [6, 6.07) is 0.235. The number of ether oxygens (including phenoxy) is 1. The Balaban J connectivity index is 3.92. The van der Waals surface area contributed by atoms with E-state index in [1.165, 1.54) is 0 Å². The van der Waals surface area contributed by atoms with E-state index in [0.29, 0.717) is 26.1 Å². The van der Waals surface area contributed by atoms with E-state index in [4.69, 9.17) is 4.74 Å². The SMILES string of the molecule is CCNC(=NCCCOC)NCCC(=O)NC(C)CC. The molecule has 1 atom stereocenters. The molecule has 0 saturated carbocycles. The third-order valence-electron chi connectivity index (χ3n) is 2.78. The summed E-state index contributed by atoms with van der Waals surface area (Å²) in [4.78, 5) is 16.0. The number of carbonyl (C=O) groups is 1. The Morgan fingerprint density at radius 2 is 2.05 bits per heavy atom. The van der Waals surface area contributed by atoms with Crippen LogP contribution in [0.25, 0.3) is 0 Å². The number of aliphatic imine (C=N–C) groups is 1. The summed E-state index contributed by atoms with van der Waals surface area (Å²) in [7, 11) is 1.68. The van der Waals surface area contributed by atoms with E-state index < -0.39 is 0 Å². The summed E-state index contributed by atoms with van der Waals surface area (Å²) in [5.41, 5.74) is 0. The van der Waals surface area contributed by atoms with Crippen molar-refractivity contribution in [1.29, 1.82) is 0 Å². The van der Waals surface area contributed by atoms with Crippen LogP contribution in [0.15, 0.2) is 4.99 Å². The minimum absolute atomic E-state index is 0.0714. The molecule has 3 N–H and O–H groups in total. The van der Waals surface area contributed by atoms with E-state index in [2.05, 4.69) is 27.9 Å². The molecule has 0 rings (SSSR count). The summed E-state index contributed by atoms with van der Waals surface area (Å²) in [6.07, 6.45) is 2.29. The number of hydrogen-bond donors (Lipinski definition) is 3. The normalized spacial score (nSPS) is 12.9. The zero-order chi connectivity index (χ0) is 15.2. The number of hydrogen-bond acceptors (Lipinski definition) is 3. The first-order chi connectivity index (χ1) is 9.63. The fourth-order valence-corrected chi connectivity index (χ4v) is 1.48. The van der Waals surface area contributed by atoms with Crippen molar-refractivity contribution in [2.24, 2.45) is 4.99 Å². The fraction of sp³-hybridized carbons (Fsp3) is 0.857. The zero-order valence-corrected chi connectivity index (χ0v) is 13.3. The molecule has 6 nitrogen and oxygen atoms in total.